The number of rotatable bonds is 4. The minimum atomic E-state index is -3.39. The second-order valence-corrected chi connectivity index (χ2v) is 8.38. The molecule has 3 rings (SSSR count). The first-order valence-corrected chi connectivity index (χ1v) is 8.95. The van der Waals surface area contributed by atoms with E-state index in [1.165, 1.54) is 15.6 Å². The van der Waals surface area contributed by atoms with Gasteiger partial charge in [-0.05, 0) is 31.5 Å². The van der Waals surface area contributed by atoms with Crippen LogP contribution in [-0.2, 0) is 10.0 Å². The Bertz CT molecular complexity index is 713. The number of ether oxygens (including phenoxy) is 1. The lowest BCUT2D eigenvalue weighted by Gasteiger charge is -2.15. The Labute approximate surface area is 128 Å². The highest BCUT2D eigenvalue weighted by atomic mass is 32.2. The second kappa shape index (κ2) is 5.75. The van der Waals surface area contributed by atoms with Crippen molar-refractivity contribution >= 4 is 21.4 Å². The van der Waals surface area contributed by atoms with Crippen molar-refractivity contribution in [1.82, 2.24) is 9.29 Å². The smallest absolute Gasteiger partial charge is 0.252 e. The van der Waals surface area contributed by atoms with Gasteiger partial charge in [0.1, 0.15) is 10.3 Å². The molecule has 1 unspecified atom stereocenters. The van der Waals surface area contributed by atoms with Gasteiger partial charge in [0.15, 0.2) is 0 Å². The molecule has 0 saturated carbocycles. The van der Waals surface area contributed by atoms with Crippen LogP contribution in [0.3, 0.4) is 0 Å². The van der Waals surface area contributed by atoms with Gasteiger partial charge in [0, 0.05) is 23.7 Å². The van der Waals surface area contributed by atoms with Gasteiger partial charge in [-0.15, -0.1) is 11.3 Å². The molecule has 1 aliphatic rings. The Morgan fingerprint density at radius 1 is 1.33 bits per heavy atom. The SMILES string of the molecule is Cc1ccc(S(=O)(=O)N2CCC(Oc3ccccn3)C2)s1. The molecule has 2 aromatic heterocycles. The first-order valence-electron chi connectivity index (χ1n) is 6.70. The number of thiophene rings is 1. The van der Waals surface area contributed by atoms with Crippen molar-refractivity contribution in [1.29, 1.82) is 0 Å². The molecule has 5 nitrogen and oxygen atoms in total. The summed E-state index contributed by atoms with van der Waals surface area (Å²) in [6, 6.07) is 8.94. The lowest BCUT2D eigenvalue weighted by atomic mass is 10.3. The van der Waals surface area contributed by atoms with Crippen molar-refractivity contribution in [3.63, 3.8) is 0 Å². The first kappa shape index (κ1) is 14.5. The van der Waals surface area contributed by atoms with Crippen LogP contribution in [0.15, 0.2) is 40.7 Å². The van der Waals surface area contributed by atoms with Crippen molar-refractivity contribution in [3.05, 3.63) is 41.4 Å². The van der Waals surface area contributed by atoms with Gasteiger partial charge < -0.3 is 4.74 Å². The van der Waals surface area contributed by atoms with Crippen molar-refractivity contribution in [3.8, 4) is 5.88 Å². The van der Waals surface area contributed by atoms with Crippen LogP contribution in [0.1, 0.15) is 11.3 Å². The number of aryl methyl sites for hydroxylation is 1. The minimum Gasteiger partial charge on any atom is -0.473 e. The number of nitrogens with zero attached hydrogens (tertiary/aromatic N) is 2. The number of aromatic nitrogens is 1. The maximum absolute atomic E-state index is 12.5. The van der Waals surface area contributed by atoms with Crippen LogP contribution >= 0.6 is 11.3 Å². The summed E-state index contributed by atoms with van der Waals surface area (Å²) in [5, 5.41) is 0. The molecule has 1 aliphatic heterocycles. The van der Waals surface area contributed by atoms with Crippen molar-refractivity contribution in [2.75, 3.05) is 13.1 Å². The molecule has 3 heterocycles. The molecule has 1 saturated heterocycles. The van der Waals surface area contributed by atoms with E-state index in [1.807, 2.05) is 25.1 Å². The van der Waals surface area contributed by atoms with Gasteiger partial charge in [0.25, 0.3) is 10.0 Å². The molecular weight excluding hydrogens is 308 g/mol. The average molecular weight is 324 g/mol. The normalized spacial score (nSPS) is 19.8. The summed E-state index contributed by atoms with van der Waals surface area (Å²) in [6.07, 6.45) is 2.20. The summed E-state index contributed by atoms with van der Waals surface area (Å²) < 4.78 is 32.6. The molecule has 7 heteroatoms. The number of pyridine rings is 1. The van der Waals surface area contributed by atoms with E-state index in [9.17, 15) is 8.42 Å². The van der Waals surface area contributed by atoms with Gasteiger partial charge >= 0.3 is 0 Å². The molecular formula is C14H16N2O3S2. The highest BCUT2D eigenvalue weighted by molar-refractivity contribution is 7.91. The van der Waals surface area contributed by atoms with Gasteiger partial charge in [-0.2, -0.15) is 4.31 Å². The summed E-state index contributed by atoms with van der Waals surface area (Å²) in [4.78, 5) is 5.10. The van der Waals surface area contributed by atoms with E-state index in [2.05, 4.69) is 4.98 Å². The van der Waals surface area contributed by atoms with Crippen LogP contribution in [0.2, 0.25) is 0 Å². The van der Waals surface area contributed by atoms with Crippen LogP contribution < -0.4 is 4.74 Å². The first-order chi connectivity index (χ1) is 10.1. The van der Waals surface area contributed by atoms with Crippen molar-refractivity contribution in [2.24, 2.45) is 0 Å². The van der Waals surface area contributed by atoms with Gasteiger partial charge in [-0.25, -0.2) is 13.4 Å². The third-order valence-electron chi connectivity index (χ3n) is 3.34. The molecule has 0 aromatic carbocycles. The fourth-order valence-electron chi connectivity index (χ4n) is 2.28. The highest BCUT2D eigenvalue weighted by Crippen LogP contribution is 2.27. The molecule has 0 spiro atoms. The molecule has 112 valence electrons. The second-order valence-electron chi connectivity index (χ2n) is 4.92. The zero-order valence-electron chi connectivity index (χ0n) is 11.6. The summed E-state index contributed by atoms with van der Waals surface area (Å²) in [6.45, 7) is 2.76. The van der Waals surface area contributed by atoms with Crippen molar-refractivity contribution < 1.29 is 13.2 Å². The molecule has 1 atom stereocenters. The monoisotopic (exact) mass is 324 g/mol. The lowest BCUT2D eigenvalue weighted by Crippen LogP contribution is -2.30. The maximum Gasteiger partial charge on any atom is 0.252 e. The minimum absolute atomic E-state index is 0.143. The van der Waals surface area contributed by atoms with Crippen molar-refractivity contribution in [2.45, 2.75) is 23.7 Å². The quantitative estimate of drug-likeness (QED) is 0.866. The zero-order valence-corrected chi connectivity index (χ0v) is 13.2. The summed E-state index contributed by atoms with van der Waals surface area (Å²) in [7, 11) is -3.39. The summed E-state index contributed by atoms with van der Waals surface area (Å²) >= 11 is 1.30. The Morgan fingerprint density at radius 2 is 2.19 bits per heavy atom. The largest absolute Gasteiger partial charge is 0.473 e. The van der Waals surface area contributed by atoms with Crippen LogP contribution in [0, 0.1) is 6.92 Å². The fourth-order valence-corrected chi connectivity index (χ4v) is 5.20. The van der Waals surface area contributed by atoms with Crippen LogP contribution in [0.5, 0.6) is 5.88 Å². The average Bonchev–Trinajstić information content (AvgIpc) is 3.10. The highest BCUT2D eigenvalue weighted by Gasteiger charge is 2.34. The van der Waals surface area contributed by atoms with Gasteiger partial charge in [-0.1, -0.05) is 6.07 Å². The molecule has 0 amide bonds. The molecule has 2 aromatic rings. The summed E-state index contributed by atoms with van der Waals surface area (Å²) in [5.41, 5.74) is 0. The predicted molar refractivity (Wildman–Crippen MR) is 81.1 cm³/mol. The summed E-state index contributed by atoms with van der Waals surface area (Å²) in [5.74, 6) is 0.536. The van der Waals surface area contributed by atoms with E-state index in [1.54, 1.807) is 18.3 Å². The van der Waals surface area contributed by atoms with E-state index in [-0.39, 0.29) is 6.10 Å². The Hall–Kier alpha value is -1.44. The third kappa shape index (κ3) is 3.09. The van der Waals surface area contributed by atoms with E-state index in [4.69, 9.17) is 4.74 Å². The third-order valence-corrected chi connectivity index (χ3v) is 6.68. The Kier molecular flexibility index (Phi) is 3.97. The molecule has 0 N–H and O–H groups in total. The van der Waals surface area contributed by atoms with E-state index in [0.29, 0.717) is 29.6 Å². The van der Waals surface area contributed by atoms with Crippen LogP contribution in [0.25, 0.3) is 0 Å². The Balaban J connectivity index is 1.69. The Morgan fingerprint density at radius 3 is 2.86 bits per heavy atom. The molecule has 0 aliphatic carbocycles. The number of sulfonamides is 1. The van der Waals surface area contributed by atoms with Gasteiger partial charge in [-0.3, -0.25) is 0 Å². The zero-order chi connectivity index (χ0) is 14.9. The van der Waals surface area contributed by atoms with E-state index >= 15 is 0 Å². The predicted octanol–water partition coefficient (Wildman–Crippen LogP) is 2.29. The molecule has 0 radical (unpaired) electrons. The van der Waals surface area contributed by atoms with Gasteiger partial charge in [0.05, 0.1) is 6.54 Å². The topological polar surface area (TPSA) is 59.5 Å². The molecule has 1 fully saturated rings. The maximum atomic E-state index is 12.5. The van der Waals surface area contributed by atoms with Crippen LogP contribution in [-0.4, -0.2) is 36.9 Å². The number of hydrogen-bond donors (Lipinski definition) is 0. The standard InChI is InChI=1S/C14H16N2O3S2/c1-11-5-6-14(20-11)21(17,18)16-9-7-12(10-16)19-13-4-2-3-8-15-13/h2-6,8,12H,7,9-10H2,1H3. The lowest BCUT2D eigenvalue weighted by molar-refractivity contribution is 0.207. The van der Waals surface area contributed by atoms with Crippen LogP contribution in [0.4, 0.5) is 0 Å². The molecule has 0 bridgehead atoms. The fraction of sp³-hybridized carbons (Fsp3) is 0.357. The van der Waals surface area contributed by atoms with Gasteiger partial charge in [0.2, 0.25) is 5.88 Å². The van der Waals surface area contributed by atoms with E-state index < -0.39 is 10.0 Å². The number of hydrogen-bond acceptors (Lipinski definition) is 5. The molecule has 21 heavy (non-hydrogen) atoms. The van der Waals surface area contributed by atoms with E-state index in [0.717, 1.165) is 4.88 Å².